The number of fused-ring (bicyclic) bond motifs is 7. The molecule has 6 heterocycles. The Bertz CT molecular complexity index is 5280. The van der Waals surface area contributed by atoms with Crippen molar-refractivity contribution in [3.63, 3.8) is 0 Å². The lowest BCUT2D eigenvalue weighted by Crippen LogP contribution is -2.82. The molecule has 0 spiro atoms. The number of aromatic hydroxyl groups is 2. The minimum Gasteiger partial charge on any atom is -0.507 e. The third-order valence-corrected chi connectivity index (χ3v) is 29.4. The maximum atomic E-state index is 15.5. The molecule has 2 bridgehead atoms. The van der Waals surface area contributed by atoms with E-state index in [0.29, 0.717) is 5.56 Å². The molecule has 2 saturated carbocycles. The highest BCUT2D eigenvalue weighted by Crippen LogP contribution is 2.65. The van der Waals surface area contributed by atoms with Gasteiger partial charge in [0.1, 0.15) is 90.0 Å². The molecule has 39 nitrogen and oxygen atoms in total. The summed E-state index contributed by atoms with van der Waals surface area (Å²) in [6, 6.07) is 26.0. The Morgan fingerprint density at radius 3 is 1.65 bits per heavy atom. The molecule has 138 heavy (non-hydrogen) atoms. The van der Waals surface area contributed by atoms with E-state index in [4.69, 9.17) is 75.8 Å². The average Bonchev–Trinajstić information content (AvgIpc) is 0.665. The largest absolute Gasteiger partial charge is 0.507 e. The molecule has 756 valence electrons. The molecule has 1 amide bonds. The van der Waals surface area contributed by atoms with Crippen molar-refractivity contribution in [2.24, 2.45) is 22.7 Å². The zero-order chi connectivity index (χ0) is 101. The predicted molar refractivity (Wildman–Crippen MR) is 476 cm³/mol. The molecule has 5 aromatic carbocycles. The Morgan fingerprint density at radius 1 is 0.587 bits per heavy atom. The van der Waals surface area contributed by atoms with Crippen LogP contribution in [-0.4, -0.2) is 327 Å². The number of phenols is 2. The van der Waals surface area contributed by atoms with Crippen molar-refractivity contribution in [3.8, 4) is 17.2 Å². The van der Waals surface area contributed by atoms with Gasteiger partial charge in [0.15, 0.2) is 60.3 Å². The molecule has 10 aliphatic rings. The first kappa shape index (κ1) is 105. The lowest BCUT2D eigenvalue weighted by molar-refractivity contribution is -0.346. The second-order valence-electron chi connectivity index (χ2n) is 39.1. The number of aliphatic hydroxyl groups is 12. The highest BCUT2D eigenvalue weighted by molar-refractivity contribution is 6.11. The number of amides is 1. The smallest absolute Gasteiger partial charge is 0.338 e. The monoisotopic (exact) mass is 1940 g/mol. The number of phenolic OH excluding ortho intramolecular Hbond substituents is 2. The van der Waals surface area contributed by atoms with Gasteiger partial charge < -0.3 is 153 Å². The van der Waals surface area contributed by atoms with Crippen LogP contribution in [0.5, 0.6) is 17.2 Å². The van der Waals surface area contributed by atoms with Gasteiger partial charge in [-0.05, 0) is 140 Å². The minimum atomic E-state index is -2.39. The van der Waals surface area contributed by atoms with E-state index in [1.54, 1.807) is 120 Å². The van der Waals surface area contributed by atoms with Crippen LogP contribution in [-0.2, 0) is 101 Å². The van der Waals surface area contributed by atoms with Crippen LogP contribution >= 0.6 is 0 Å². The highest BCUT2D eigenvalue weighted by atomic mass is 16.7. The standard InChI is InChI=1S/C52H76O24.C47H51NO14/c1-18-29(72-34-14-30(43(58)21(4)68-34)73-33-13-28(54)42(57)20(3)67-33)12-26-10-25-11-27(49(66-9)48(63)41(56)19(2)53)50(47(62)39(25)46(61)38(26)40(18)55)76-36-16-31(44(59)23(6)70-36)74-35-15-32(45(60)22(5)69-35)75-37-17-52(8,65)51(64)24(7)71-37;1-25-31(60-43(56)36(52)35(28-16-10-7-11-17-28)48-41(54)29-18-12-8-13-19-29)23-47(57)40(61-42(55)30-20-14-9-15-21-30)38-45(6,32(51)22-33-46(38,24-58-33)62-27(3)50)39(53)37(59-26(2)49)34(25)44(47,4)5/h10,12,19-24,27-28,30-37,41-45,49-51,53-61,64-65H,11,13-17H2,1-9H3;7-21,31-33,35-38,40,51-52,57H,22-24H2,1-6H3,(H,48,54)/t19-,20-,21-,22-,23-,24-,27?,28-,30-,31-,32-,33+,34+,35+,36+,37+,41+,42-,43+,44-,45-,49+,50+,51-,52+;31-,32-,33+,35-,36+,37+,38-,40-,45+,46-,47+/m10/s1. The number of ether oxygens (including phenoxy) is 16. The molecular formula is C99H127NO38. The van der Waals surface area contributed by atoms with Crippen LogP contribution in [0.25, 0.3) is 10.8 Å². The summed E-state index contributed by atoms with van der Waals surface area (Å²) in [5.41, 5.74) is -8.49. The van der Waals surface area contributed by atoms with Crippen molar-refractivity contribution < 1.29 is 186 Å². The van der Waals surface area contributed by atoms with Crippen molar-refractivity contribution in [2.45, 2.75) is 349 Å². The van der Waals surface area contributed by atoms with Crippen molar-refractivity contribution >= 4 is 57.9 Å². The summed E-state index contributed by atoms with van der Waals surface area (Å²) in [7, 11) is 1.18. The van der Waals surface area contributed by atoms with E-state index in [1.165, 1.54) is 72.9 Å². The molecule has 5 aromatic rings. The minimum absolute atomic E-state index is 0.00289. The number of hydrogen-bond donors (Lipinski definition) is 15. The number of benzene rings is 5. The van der Waals surface area contributed by atoms with Gasteiger partial charge in [-0.15, -0.1) is 0 Å². The summed E-state index contributed by atoms with van der Waals surface area (Å²) in [5, 5.41) is 160. The zero-order valence-corrected chi connectivity index (χ0v) is 79.2. The van der Waals surface area contributed by atoms with Gasteiger partial charge in [0, 0.05) is 88.4 Å². The van der Waals surface area contributed by atoms with Gasteiger partial charge in [-0.1, -0.05) is 80.6 Å². The van der Waals surface area contributed by atoms with E-state index >= 15 is 9.59 Å². The van der Waals surface area contributed by atoms with Crippen LogP contribution in [0.15, 0.2) is 114 Å². The Labute approximate surface area is 795 Å². The number of aliphatic hydroxyl groups excluding tert-OH is 10. The second kappa shape index (κ2) is 41.5. The fourth-order valence-corrected chi connectivity index (χ4v) is 21.5. The average molecular weight is 1940 g/mol. The number of methoxy groups -OCH3 is 1. The lowest BCUT2D eigenvalue weighted by atomic mass is 9.44. The number of nitrogens with one attached hydrogen (secondary N) is 1. The number of rotatable bonds is 25. The highest BCUT2D eigenvalue weighted by Gasteiger charge is 2.79. The fraction of sp³-hybridized carbons (Fsp3) is 0.616. The fourth-order valence-electron chi connectivity index (χ4n) is 21.5. The number of Topliss-reactive ketones (excluding diaryl/α,β-unsaturated/α-hetero) is 3. The first-order valence-corrected chi connectivity index (χ1v) is 46.5. The number of esters is 4. The molecule has 6 aliphatic heterocycles. The molecule has 0 aromatic heterocycles. The zero-order valence-electron chi connectivity index (χ0n) is 79.2. The topological polar surface area (TPSA) is 579 Å². The number of carbonyl (C=O) groups excluding carboxylic acids is 8. The van der Waals surface area contributed by atoms with Gasteiger partial charge in [0.2, 0.25) is 6.29 Å². The van der Waals surface area contributed by atoms with Crippen molar-refractivity contribution in [1.82, 2.24) is 5.32 Å². The summed E-state index contributed by atoms with van der Waals surface area (Å²) < 4.78 is 96.8. The Morgan fingerprint density at radius 2 is 1.12 bits per heavy atom. The van der Waals surface area contributed by atoms with Crippen LogP contribution < -0.4 is 10.1 Å². The van der Waals surface area contributed by atoms with E-state index in [-0.39, 0.29) is 107 Å². The van der Waals surface area contributed by atoms with Crippen molar-refractivity contribution in [3.05, 3.63) is 148 Å². The second-order valence-corrected chi connectivity index (χ2v) is 39.1. The third-order valence-electron chi connectivity index (χ3n) is 29.4. The molecule has 4 aliphatic carbocycles. The van der Waals surface area contributed by atoms with E-state index in [1.807, 2.05) is 0 Å². The molecule has 8 fully saturated rings. The molecule has 0 radical (unpaired) electrons. The molecule has 15 rings (SSSR count). The van der Waals surface area contributed by atoms with Gasteiger partial charge in [0.05, 0.1) is 113 Å². The number of carbonyl (C=O) groups is 8. The first-order valence-electron chi connectivity index (χ1n) is 46.5. The lowest BCUT2D eigenvalue weighted by Gasteiger charge is -2.67. The summed E-state index contributed by atoms with van der Waals surface area (Å²) in [5.74, 6) is -10.9. The van der Waals surface area contributed by atoms with E-state index in [2.05, 4.69) is 5.32 Å². The van der Waals surface area contributed by atoms with E-state index in [0.717, 1.165) is 13.8 Å². The predicted octanol–water partition coefficient (Wildman–Crippen LogP) is 3.49. The van der Waals surface area contributed by atoms with Gasteiger partial charge in [-0.25, -0.2) is 9.59 Å². The van der Waals surface area contributed by atoms with Gasteiger partial charge in [-0.2, -0.15) is 0 Å². The van der Waals surface area contributed by atoms with Gasteiger partial charge >= 0.3 is 23.9 Å². The Hall–Kier alpha value is -9.06. The van der Waals surface area contributed by atoms with E-state index in [9.17, 15) is 100 Å². The summed E-state index contributed by atoms with van der Waals surface area (Å²) in [6.07, 6.45) is -37.5. The molecule has 6 saturated heterocycles. The molecule has 1 unspecified atom stereocenters. The summed E-state index contributed by atoms with van der Waals surface area (Å²) in [6.45, 7) is 20.1. The van der Waals surface area contributed by atoms with Crippen molar-refractivity contribution in [1.29, 1.82) is 0 Å². The van der Waals surface area contributed by atoms with Crippen LogP contribution in [0.4, 0.5) is 0 Å². The SMILES string of the molecule is CC(=O)O[C@H]1C(=O)[C@@]2(C)[C@H]([C@H](OC(=O)c3ccccc3)[C@]3(O)C[C@H](OC(=O)[C@H](O)[C@@H](NC(=O)c4ccccc4)c4ccccc4)C(C)=C1C3(C)C)[C@]1(OC(C)=O)CO[C@@H]1C[C@@H]2O.CO[C@H](C(=O)[C@@H](O)[C@@H](C)O)C1Cc2cc3cc(O[C@H]4C[C@@H](O[C@H]5C[C@@H](O)[C@H](O)[C@@H](C)O5)[C@@H](O)[C@@H](C)O4)c(C)c(O)c3c(O)c2C(=O)[C@H]1O[C@H]1C[C@@H](O[C@H]2C[C@@H](O[C@H]3C[C@](C)(O)[C@H](O)[C@@H](C)O3)[C@H](O)[C@@H](C)O2)[C@H](O)[C@@H](C)O1. The normalized spacial score (nSPS) is 37.7. The molecule has 39 heteroatoms. The molecule has 36 atom stereocenters. The summed E-state index contributed by atoms with van der Waals surface area (Å²) in [4.78, 5) is 112. The van der Waals surface area contributed by atoms with Crippen molar-refractivity contribution in [2.75, 3.05) is 13.7 Å². The van der Waals surface area contributed by atoms with Crippen LogP contribution in [0.1, 0.15) is 189 Å². The maximum Gasteiger partial charge on any atom is 0.338 e. The first-order chi connectivity index (χ1) is 65.0. The molecule has 15 N–H and O–H groups in total. The third kappa shape index (κ3) is 20.3. The van der Waals surface area contributed by atoms with E-state index < -0.39 is 289 Å². The maximum absolute atomic E-state index is 15.5. The molecular weight excluding hydrogens is 1810 g/mol. The van der Waals surface area contributed by atoms with Gasteiger partial charge in [0.25, 0.3) is 5.91 Å². The quantitative estimate of drug-likeness (QED) is 0.0226. The van der Waals surface area contributed by atoms with Crippen LogP contribution in [0.2, 0.25) is 0 Å². The Balaban J connectivity index is 0.000000225. The Kier molecular flexibility index (Phi) is 31.5. The number of hydrogen-bond acceptors (Lipinski definition) is 38. The van der Waals surface area contributed by atoms with Crippen LogP contribution in [0, 0.1) is 29.6 Å². The van der Waals surface area contributed by atoms with Crippen LogP contribution in [0.3, 0.4) is 0 Å². The summed E-state index contributed by atoms with van der Waals surface area (Å²) >= 11 is 0. The van der Waals surface area contributed by atoms with Gasteiger partial charge in [-0.3, -0.25) is 28.8 Å². The number of ketones is 3.